The van der Waals surface area contributed by atoms with Crippen LogP contribution >= 0.6 is 0 Å². The second-order valence-corrected chi connectivity index (χ2v) is 12.3. The summed E-state index contributed by atoms with van der Waals surface area (Å²) in [5.41, 5.74) is 4.26. The first-order chi connectivity index (χ1) is 22.9. The maximum atomic E-state index is 13.1. The summed E-state index contributed by atoms with van der Waals surface area (Å²) in [6, 6.07) is 23.6. The van der Waals surface area contributed by atoms with Crippen molar-refractivity contribution in [3.8, 4) is 0 Å². The van der Waals surface area contributed by atoms with Crippen LogP contribution in [0.4, 0.5) is 4.79 Å². The Morgan fingerprint density at radius 2 is 1.57 bits per heavy atom. The molecule has 0 aliphatic carbocycles. The maximum Gasteiger partial charge on any atom is 0.408 e. The highest BCUT2D eigenvalue weighted by Crippen LogP contribution is 2.42. The zero-order valence-electron chi connectivity index (χ0n) is 26.5. The van der Waals surface area contributed by atoms with Crippen LogP contribution in [0.25, 0.3) is 0 Å². The van der Waals surface area contributed by atoms with Crippen molar-refractivity contribution in [2.75, 3.05) is 32.8 Å². The quantitative estimate of drug-likeness (QED) is 0.317. The lowest BCUT2D eigenvalue weighted by Crippen LogP contribution is -2.47. The van der Waals surface area contributed by atoms with Gasteiger partial charge in [0, 0.05) is 31.1 Å². The van der Waals surface area contributed by atoms with Gasteiger partial charge in [-0.1, -0.05) is 85.8 Å². The van der Waals surface area contributed by atoms with Crippen LogP contribution in [0.3, 0.4) is 0 Å². The van der Waals surface area contributed by atoms with Crippen molar-refractivity contribution in [3.63, 3.8) is 0 Å². The van der Waals surface area contributed by atoms with E-state index in [1.807, 2.05) is 78.9 Å². The van der Waals surface area contributed by atoms with Gasteiger partial charge in [0.2, 0.25) is 5.91 Å². The summed E-state index contributed by atoms with van der Waals surface area (Å²) in [5, 5.41) is 12.1. The molecule has 5 atom stereocenters. The number of alkyl carbamates (subject to hydrolysis) is 1. The number of rotatable bonds is 10. The molecule has 6 rings (SSSR count). The molecular formula is C36H41N3O8. The fourth-order valence-electron chi connectivity index (χ4n) is 6.20. The van der Waals surface area contributed by atoms with Gasteiger partial charge in [-0.15, -0.1) is 0 Å². The van der Waals surface area contributed by atoms with Crippen LogP contribution in [0.15, 0.2) is 78.9 Å². The second-order valence-electron chi connectivity index (χ2n) is 12.3. The van der Waals surface area contributed by atoms with Gasteiger partial charge >= 0.3 is 6.09 Å². The molecule has 11 nitrogen and oxygen atoms in total. The van der Waals surface area contributed by atoms with E-state index >= 15 is 0 Å². The van der Waals surface area contributed by atoms with Crippen molar-refractivity contribution in [1.29, 1.82) is 0 Å². The molecule has 3 aliphatic rings. The summed E-state index contributed by atoms with van der Waals surface area (Å²) in [7, 11) is 0. The van der Waals surface area contributed by atoms with Gasteiger partial charge in [0.25, 0.3) is 5.91 Å². The van der Waals surface area contributed by atoms with Crippen LogP contribution in [0.2, 0.25) is 0 Å². The van der Waals surface area contributed by atoms with Crippen molar-refractivity contribution in [2.45, 2.75) is 57.6 Å². The van der Waals surface area contributed by atoms with Crippen molar-refractivity contribution in [2.24, 2.45) is 5.92 Å². The third kappa shape index (κ3) is 8.06. The number of hydrogen-bond donors (Lipinski definition) is 2. The zero-order chi connectivity index (χ0) is 32.8. The molecule has 0 saturated carbocycles. The lowest BCUT2D eigenvalue weighted by molar-refractivity contribution is -0.277. The number of benzene rings is 3. The molecule has 5 unspecified atom stereocenters. The van der Waals surface area contributed by atoms with Crippen molar-refractivity contribution in [1.82, 2.24) is 15.1 Å². The lowest BCUT2D eigenvalue weighted by atomic mass is 9.90. The Kier molecular flexibility index (Phi) is 10.6. The average Bonchev–Trinajstić information content (AvgIpc) is 3.36. The van der Waals surface area contributed by atoms with Crippen LogP contribution in [0.1, 0.15) is 53.6 Å². The molecule has 0 aromatic heterocycles. The number of amides is 3. The van der Waals surface area contributed by atoms with Crippen molar-refractivity contribution >= 4 is 17.9 Å². The molecule has 3 saturated heterocycles. The van der Waals surface area contributed by atoms with Crippen LogP contribution in [0.5, 0.6) is 0 Å². The number of ether oxygens (including phenoxy) is 4. The largest absolute Gasteiger partial charge is 0.445 e. The lowest BCUT2D eigenvalue weighted by Gasteiger charge is -2.43. The smallest absolute Gasteiger partial charge is 0.408 e. The highest BCUT2D eigenvalue weighted by molar-refractivity contribution is 6.06. The third-order valence-electron chi connectivity index (χ3n) is 9.01. The minimum Gasteiger partial charge on any atom is -0.445 e. The third-order valence-corrected chi connectivity index (χ3v) is 9.01. The van der Waals surface area contributed by atoms with E-state index in [9.17, 15) is 19.5 Å². The molecular weight excluding hydrogens is 602 g/mol. The summed E-state index contributed by atoms with van der Waals surface area (Å²) in [6.45, 7) is 6.12. The average molecular weight is 644 g/mol. The summed E-state index contributed by atoms with van der Waals surface area (Å²) in [5.74, 6) is -0.760. The number of carbonyl (C=O) groups is 3. The predicted molar refractivity (Wildman–Crippen MR) is 170 cm³/mol. The number of nitrogens with one attached hydrogen (secondary N) is 1. The molecule has 47 heavy (non-hydrogen) atoms. The Morgan fingerprint density at radius 3 is 2.28 bits per heavy atom. The Bertz CT molecular complexity index is 1510. The Balaban J connectivity index is 1.10. The van der Waals surface area contributed by atoms with E-state index in [2.05, 4.69) is 17.1 Å². The predicted octanol–water partition coefficient (Wildman–Crippen LogP) is 3.86. The van der Waals surface area contributed by atoms with E-state index in [4.69, 9.17) is 18.9 Å². The number of aliphatic hydroxyl groups excluding tert-OH is 1. The van der Waals surface area contributed by atoms with Gasteiger partial charge in [-0.3, -0.25) is 19.4 Å². The molecule has 11 heteroatoms. The molecule has 248 valence electrons. The topological polar surface area (TPSA) is 127 Å². The summed E-state index contributed by atoms with van der Waals surface area (Å²) >= 11 is 0. The maximum absolute atomic E-state index is 13.1. The molecule has 2 N–H and O–H groups in total. The van der Waals surface area contributed by atoms with Crippen molar-refractivity contribution < 1.29 is 38.4 Å². The molecule has 3 aliphatic heterocycles. The van der Waals surface area contributed by atoms with E-state index in [0.29, 0.717) is 13.2 Å². The fourth-order valence-corrected chi connectivity index (χ4v) is 6.20. The molecule has 3 amide bonds. The Labute approximate surface area is 274 Å². The molecule has 0 radical (unpaired) electrons. The van der Waals surface area contributed by atoms with Crippen LogP contribution < -0.4 is 5.32 Å². The van der Waals surface area contributed by atoms with E-state index in [0.717, 1.165) is 52.4 Å². The number of morpholine rings is 1. The van der Waals surface area contributed by atoms with Gasteiger partial charge in [-0.05, 0) is 22.3 Å². The van der Waals surface area contributed by atoms with Crippen LogP contribution in [-0.4, -0.2) is 77.8 Å². The number of hydrogen-bond acceptors (Lipinski definition) is 9. The number of aliphatic hydroxyl groups is 1. The van der Waals surface area contributed by atoms with E-state index in [1.165, 1.54) is 0 Å². The molecule has 3 heterocycles. The molecule has 3 aromatic rings. The first-order valence-electron chi connectivity index (χ1n) is 16.1. The molecule has 0 bridgehead atoms. The highest BCUT2D eigenvalue weighted by Gasteiger charge is 2.41. The second kappa shape index (κ2) is 15.2. The highest BCUT2D eigenvalue weighted by atomic mass is 16.7. The SMILES string of the molecule is CC1C(CN2CCOCC2)OC(c2ccc(CN3C(=O)CC(NC(=O)OCc4ccccc4)C3=O)cc2)OC1c1ccc(CO)cc1. The molecule has 3 fully saturated rings. The number of carbonyl (C=O) groups excluding carboxylic acids is 3. The summed E-state index contributed by atoms with van der Waals surface area (Å²) in [6.07, 6.45) is -1.82. The Morgan fingerprint density at radius 1 is 0.894 bits per heavy atom. The van der Waals surface area contributed by atoms with Gasteiger partial charge in [-0.25, -0.2) is 4.79 Å². The zero-order valence-corrected chi connectivity index (χ0v) is 26.5. The summed E-state index contributed by atoms with van der Waals surface area (Å²) in [4.78, 5) is 41.7. The van der Waals surface area contributed by atoms with Gasteiger partial charge in [0.05, 0.1) is 45.0 Å². The fraction of sp³-hybridized carbons (Fsp3) is 0.417. The van der Waals surface area contributed by atoms with Gasteiger partial charge in [-0.2, -0.15) is 0 Å². The minimum atomic E-state index is -0.970. The number of nitrogens with zero attached hydrogens (tertiary/aromatic N) is 2. The van der Waals surface area contributed by atoms with E-state index in [-0.39, 0.29) is 50.2 Å². The van der Waals surface area contributed by atoms with Crippen LogP contribution in [-0.2, 0) is 48.3 Å². The first-order valence-corrected chi connectivity index (χ1v) is 16.1. The number of imide groups is 1. The number of likely N-dealkylation sites (tertiary alicyclic amines) is 1. The first kappa shape index (κ1) is 32.8. The Hall–Kier alpha value is -4.13. The van der Waals surface area contributed by atoms with Crippen LogP contribution in [0, 0.1) is 5.92 Å². The molecule has 3 aromatic carbocycles. The van der Waals surface area contributed by atoms with Crippen molar-refractivity contribution in [3.05, 3.63) is 107 Å². The van der Waals surface area contributed by atoms with E-state index < -0.39 is 24.3 Å². The normalized spacial score (nSPS) is 25.1. The molecule has 0 spiro atoms. The van der Waals surface area contributed by atoms with Gasteiger partial charge in [0.15, 0.2) is 6.29 Å². The standard InChI is InChI=1S/C36H41N3O8/c1-24-31(21-38-15-17-44-18-16-38)46-35(47-33(24)28-11-9-26(22-40)10-12-28)29-13-7-25(8-14-29)20-39-32(41)19-30(34(39)42)37-36(43)45-23-27-5-3-2-4-6-27/h2-14,24,30-31,33,35,40H,15-23H2,1H3,(H,37,43). The van der Waals surface area contributed by atoms with Gasteiger partial charge in [0.1, 0.15) is 12.6 Å². The van der Waals surface area contributed by atoms with Gasteiger partial charge < -0.3 is 29.4 Å². The van der Waals surface area contributed by atoms with E-state index in [1.54, 1.807) is 0 Å². The summed E-state index contributed by atoms with van der Waals surface area (Å²) < 4.78 is 23.9. The monoisotopic (exact) mass is 643 g/mol. The minimum absolute atomic E-state index is 0.0216.